The summed E-state index contributed by atoms with van der Waals surface area (Å²) in [6.45, 7) is 2.11. The molecule has 0 aliphatic carbocycles. The van der Waals surface area contributed by atoms with Crippen LogP contribution in [0.3, 0.4) is 0 Å². The molecule has 0 aliphatic rings. The van der Waals surface area contributed by atoms with E-state index in [2.05, 4.69) is 52.5 Å². The van der Waals surface area contributed by atoms with Gasteiger partial charge in [0, 0.05) is 19.2 Å². The van der Waals surface area contributed by atoms with Crippen LogP contribution < -0.4 is 5.32 Å². The van der Waals surface area contributed by atoms with Crippen molar-refractivity contribution in [2.45, 2.75) is 19.8 Å². The van der Waals surface area contributed by atoms with Crippen molar-refractivity contribution in [2.24, 2.45) is 0 Å². The van der Waals surface area contributed by atoms with Crippen LogP contribution >= 0.6 is 0 Å². The highest BCUT2D eigenvalue weighted by atomic mass is 14.9. The molecule has 0 bridgehead atoms. The summed E-state index contributed by atoms with van der Waals surface area (Å²) in [5.41, 5.74) is 5.88. The van der Waals surface area contributed by atoms with Gasteiger partial charge in [-0.2, -0.15) is 0 Å². The molecule has 3 nitrogen and oxygen atoms in total. The monoisotopic (exact) mass is 265 g/mol. The van der Waals surface area contributed by atoms with Crippen LogP contribution in [0.4, 0.5) is 5.69 Å². The van der Waals surface area contributed by atoms with Crippen molar-refractivity contribution in [1.82, 2.24) is 9.97 Å². The van der Waals surface area contributed by atoms with E-state index in [1.54, 1.807) is 0 Å². The molecule has 0 saturated heterocycles. The Labute approximate surface area is 119 Å². The highest BCUT2D eigenvalue weighted by Gasteiger charge is 2.04. The molecule has 0 spiro atoms. The number of anilines is 1. The Kier molecular flexibility index (Phi) is 3.42. The summed E-state index contributed by atoms with van der Waals surface area (Å²) in [5.74, 6) is 1.05. The first-order chi connectivity index (χ1) is 9.74. The van der Waals surface area contributed by atoms with Crippen molar-refractivity contribution in [3.05, 3.63) is 59.4 Å². The number of imidazole rings is 1. The Balaban J connectivity index is 1.75. The quantitative estimate of drug-likeness (QED) is 0.755. The number of aromatic nitrogens is 2. The summed E-state index contributed by atoms with van der Waals surface area (Å²) < 4.78 is 0. The number of nitrogens with zero attached hydrogens (tertiary/aromatic N) is 1. The minimum Gasteiger partial charge on any atom is -0.388 e. The zero-order chi connectivity index (χ0) is 13.9. The second-order valence-electron chi connectivity index (χ2n) is 5.15. The molecule has 3 aromatic rings. The SMILES string of the molecule is CNc1ccc2nc(CCc3ccc(C)cc3)[nH]c2c1. The largest absolute Gasteiger partial charge is 0.388 e. The molecule has 0 radical (unpaired) electrons. The van der Waals surface area contributed by atoms with E-state index in [9.17, 15) is 0 Å². The van der Waals surface area contributed by atoms with Gasteiger partial charge < -0.3 is 10.3 Å². The summed E-state index contributed by atoms with van der Waals surface area (Å²) in [6.07, 6.45) is 1.95. The van der Waals surface area contributed by atoms with Crippen molar-refractivity contribution in [3.8, 4) is 0 Å². The van der Waals surface area contributed by atoms with Gasteiger partial charge in [0.15, 0.2) is 0 Å². The Hall–Kier alpha value is -2.29. The Morgan fingerprint density at radius 1 is 1.05 bits per heavy atom. The Bertz CT molecular complexity index is 711. The van der Waals surface area contributed by atoms with Gasteiger partial charge >= 0.3 is 0 Å². The lowest BCUT2D eigenvalue weighted by Gasteiger charge is -2.00. The van der Waals surface area contributed by atoms with E-state index >= 15 is 0 Å². The van der Waals surface area contributed by atoms with Gasteiger partial charge in [-0.05, 0) is 37.1 Å². The van der Waals surface area contributed by atoms with Gasteiger partial charge in [0.2, 0.25) is 0 Å². The number of hydrogen-bond donors (Lipinski definition) is 2. The van der Waals surface area contributed by atoms with E-state index in [1.165, 1.54) is 11.1 Å². The number of H-pyrrole nitrogens is 1. The third-order valence-electron chi connectivity index (χ3n) is 3.59. The molecule has 1 heterocycles. The summed E-state index contributed by atoms with van der Waals surface area (Å²) in [4.78, 5) is 8.04. The molecular formula is C17H19N3. The first-order valence-corrected chi connectivity index (χ1v) is 6.96. The summed E-state index contributed by atoms with van der Waals surface area (Å²) in [6, 6.07) is 14.9. The maximum atomic E-state index is 4.64. The fraction of sp³-hybridized carbons (Fsp3) is 0.235. The van der Waals surface area contributed by atoms with Crippen molar-refractivity contribution in [3.63, 3.8) is 0 Å². The molecule has 1 aromatic heterocycles. The summed E-state index contributed by atoms with van der Waals surface area (Å²) in [5, 5.41) is 3.14. The van der Waals surface area contributed by atoms with Crippen molar-refractivity contribution >= 4 is 16.7 Å². The minimum atomic E-state index is 0.937. The third kappa shape index (κ3) is 2.67. The minimum absolute atomic E-state index is 0.937. The predicted molar refractivity (Wildman–Crippen MR) is 84.2 cm³/mol. The van der Waals surface area contributed by atoms with Crippen LogP contribution in [0.25, 0.3) is 11.0 Å². The average Bonchev–Trinajstić information content (AvgIpc) is 2.88. The highest BCUT2D eigenvalue weighted by Crippen LogP contribution is 2.17. The van der Waals surface area contributed by atoms with Crippen LogP contribution in [0.2, 0.25) is 0 Å². The van der Waals surface area contributed by atoms with Crippen molar-refractivity contribution in [1.29, 1.82) is 0 Å². The average molecular weight is 265 g/mol. The lowest BCUT2D eigenvalue weighted by atomic mass is 10.1. The maximum absolute atomic E-state index is 4.64. The first kappa shape index (κ1) is 12.7. The van der Waals surface area contributed by atoms with Gasteiger partial charge in [-0.3, -0.25) is 0 Å². The van der Waals surface area contributed by atoms with Crippen LogP contribution in [0.5, 0.6) is 0 Å². The van der Waals surface area contributed by atoms with Gasteiger partial charge in [-0.1, -0.05) is 29.8 Å². The third-order valence-corrected chi connectivity index (χ3v) is 3.59. The zero-order valence-electron chi connectivity index (χ0n) is 11.9. The molecule has 0 fully saturated rings. The fourth-order valence-corrected chi connectivity index (χ4v) is 2.35. The fourth-order valence-electron chi connectivity index (χ4n) is 2.35. The van der Waals surface area contributed by atoms with Crippen LogP contribution in [-0.2, 0) is 12.8 Å². The van der Waals surface area contributed by atoms with E-state index in [4.69, 9.17) is 0 Å². The predicted octanol–water partition coefficient (Wildman–Crippen LogP) is 3.70. The van der Waals surface area contributed by atoms with Gasteiger partial charge in [-0.15, -0.1) is 0 Å². The number of aromatic amines is 1. The zero-order valence-corrected chi connectivity index (χ0v) is 11.9. The molecule has 0 unspecified atom stereocenters. The molecule has 3 heteroatoms. The number of aryl methyl sites for hydroxylation is 3. The highest BCUT2D eigenvalue weighted by molar-refractivity contribution is 5.79. The topological polar surface area (TPSA) is 40.7 Å². The van der Waals surface area contributed by atoms with E-state index in [-0.39, 0.29) is 0 Å². The van der Waals surface area contributed by atoms with E-state index in [1.807, 2.05) is 19.2 Å². The molecule has 2 aromatic carbocycles. The number of nitrogens with one attached hydrogen (secondary N) is 2. The molecule has 0 amide bonds. The smallest absolute Gasteiger partial charge is 0.107 e. The number of rotatable bonds is 4. The van der Waals surface area contributed by atoms with Gasteiger partial charge in [0.25, 0.3) is 0 Å². The second-order valence-corrected chi connectivity index (χ2v) is 5.15. The molecule has 2 N–H and O–H groups in total. The molecular weight excluding hydrogens is 246 g/mol. The molecule has 0 atom stereocenters. The number of fused-ring (bicyclic) bond motifs is 1. The summed E-state index contributed by atoms with van der Waals surface area (Å²) >= 11 is 0. The van der Waals surface area contributed by atoms with E-state index in [0.717, 1.165) is 35.4 Å². The van der Waals surface area contributed by atoms with Crippen molar-refractivity contribution in [2.75, 3.05) is 12.4 Å². The Morgan fingerprint density at radius 2 is 1.85 bits per heavy atom. The van der Waals surface area contributed by atoms with Gasteiger partial charge in [-0.25, -0.2) is 4.98 Å². The molecule has 0 aliphatic heterocycles. The van der Waals surface area contributed by atoms with Gasteiger partial charge in [0.05, 0.1) is 11.0 Å². The van der Waals surface area contributed by atoms with Crippen LogP contribution in [-0.4, -0.2) is 17.0 Å². The Morgan fingerprint density at radius 3 is 2.60 bits per heavy atom. The van der Waals surface area contributed by atoms with E-state index < -0.39 is 0 Å². The van der Waals surface area contributed by atoms with Gasteiger partial charge in [0.1, 0.15) is 5.82 Å². The normalized spacial score (nSPS) is 10.9. The lowest BCUT2D eigenvalue weighted by Crippen LogP contribution is -1.93. The standard InChI is InChI=1S/C17H19N3/c1-12-3-5-13(6-4-12)7-10-17-19-15-9-8-14(18-2)11-16(15)20-17/h3-6,8-9,11,18H,7,10H2,1-2H3,(H,19,20). The number of hydrogen-bond acceptors (Lipinski definition) is 2. The molecule has 0 saturated carbocycles. The van der Waals surface area contributed by atoms with Crippen molar-refractivity contribution < 1.29 is 0 Å². The maximum Gasteiger partial charge on any atom is 0.107 e. The molecule has 20 heavy (non-hydrogen) atoms. The van der Waals surface area contributed by atoms with Crippen LogP contribution in [0.1, 0.15) is 17.0 Å². The van der Waals surface area contributed by atoms with E-state index in [0.29, 0.717) is 0 Å². The second kappa shape index (κ2) is 5.37. The van der Waals surface area contributed by atoms with Crippen LogP contribution in [0.15, 0.2) is 42.5 Å². The lowest BCUT2D eigenvalue weighted by molar-refractivity contribution is 0.889. The number of benzene rings is 2. The summed E-state index contributed by atoms with van der Waals surface area (Å²) in [7, 11) is 1.93. The molecule has 102 valence electrons. The van der Waals surface area contributed by atoms with Crippen LogP contribution in [0, 0.1) is 6.92 Å². The molecule has 3 rings (SSSR count). The first-order valence-electron chi connectivity index (χ1n) is 6.96.